The number of likely N-dealkylation sites (tertiary alicyclic amines) is 1. The molecule has 0 saturated carbocycles. The van der Waals surface area contributed by atoms with Gasteiger partial charge in [-0.15, -0.1) is 0 Å². The zero-order valence-corrected chi connectivity index (χ0v) is 13.2. The Morgan fingerprint density at radius 3 is 2.85 bits per heavy atom. The molecule has 0 amide bonds. The molecule has 1 saturated heterocycles. The molecule has 110 valence electrons. The summed E-state index contributed by atoms with van der Waals surface area (Å²) in [5, 5.41) is 9.07. The summed E-state index contributed by atoms with van der Waals surface area (Å²) in [5.74, 6) is -0.935. The number of carboxylic acid groups (broad SMARTS) is 1. The molecule has 20 heavy (non-hydrogen) atoms. The lowest BCUT2D eigenvalue weighted by Gasteiger charge is -2.20. The molecule has 1 aliphatic rings. The molecule has 0 radical (unpaired) electrons. The van der Waals surface area contributed by atoms with Crippen LogP contribution in [0.1, 0.15) is 12.8 Å². The zero-order chi connectivity index (χ0) is 14.8. The molecule has 0 aliphatic carbocycles. The third-order valence-corrected chi connectivity index (χ3v) is 5.64. The summed E-state index contributed by atoms with van der Waals surface area (Å²) in [6, 6.07) is 6.01. The van der Waals surface area contributed by atoms with Crippen molar-refractivity contribution >= 4 is 31.7 Å². The van der Waals surface area contributed by atoms with Crippen LogP contribution in [0.15, 0.2) is 33.6 Å². The van der Waals surface area contributed by atoms with E-state index in [1.165, 1.54) is 0 Å². The first-order valence-electron chi connectivity index (χ1n) is 6.35. The minimum atomic E-state index is -3.38. The molecule has 1 unspecified atom stereocenters. The van der Waals surface area contributed by atoms with Crippen molar-refractivity contribution in [3.05, 3.63) is 28.7 Å². The lowest BCUT2D eigenvalue weighted by atomic mass is 10.2. The summed E-state index contributed by atoms with van der Waals surface area (Å²) in [7, 11) is -3.38. The van der Waals surface area contributed by atoms with Gasteiger partial charge in [-0.2, -0.15) is 0 Å². The van der Waals surface area contributed by atoms with Crippen LogP contribution in [0.5, 0.6) is 0 Å². The van der Waals surface area contributed by atoms with Crippen LogP contribution in [-0.2, 0) is 14.6 Å². The van der Waals surface area contributed by atoms with Crippen molar-refractivity contribution in [2.75, 3.05) is 18.8 Å². The van der Waals surface area contributed by atoms with Crippen LogP contribution in [-0.4, -0.2) is 49.3 Å². The van der Waals surface area contributed by atoms with Gasteiger partial charge in [0.15, 0.2) is 9.84 Å². The van der Waals surface area contributed by atoms with Gasteiger partial charge in [-0.1, -0.05) is 22.0 Å². The average Bonchev–Trinajstić information content (AvgIpc) is 2.85. The number of hydrogen-bond acceptors (Lipinski definition) is 4. The van der Waals surface area contributed by atoms with Gasteiger partial charge in [0.1, 0.15) is 6.04 Å². The van der Waals surface area contributed by atoms with Crippen LogP contribution < -0.4 is 0 Å². The standard InChI is InChI=1S/C13H16BrNO4S/c14-10-3-1-4-11(9-10)20(18,19)8-7-15-6-2-5-12(15)13(16)17/h1,3-4,9,12H,2,5-8H2,(H,16,17). The maximum Gasteiger partial charge on any atom is 0.320 e. The van der Waals surface area contributed by atoms with E-state index >= 15 is 0 Å². The fraction of sp³-hybridized carbons (Fsp3) is 0.462. The van der Waals surface area contributed by atoms with Gasteiger partial charge in [0.2, 0.25) is 0 Å². The molecule has 0 aromatic heterocycles. The number of aliphatic carboxylic acids is 1. The molecule has 0 bridgehead atoms. The fourth-order valence-electron chi connectivity index (χ4n) is 2.39. The summed E-state index contributed by atoms with van der Waals surface area (Å²) < 4.78 is 25.2. The first kappa shape index (κ1) is 15.5. The Kier molecular flexibility index (Phi) is 4.82. The number of nitrogens with zero attached hydrogens (tertiary/aromatic N) is 1. The first-order valence-corrected chi connectivity index (χ1v) is 8.80. The predicted molar refractivity (Wildman–Crippen MR) is 78.4 cm³/mol. The van der Waals surface area contributed by atoms with Crippen molar-refractivity contribution in [3.63, 3.8) is 0 Å². The fourth-order valence-corrected chi connectivity index (χ4v) is 4.24. The number of halogens is 1. The number of hydrogen-bond donors (Lipinski definition) is 1. The molecule has 7 heteroatoms. The highest BCUT2D eigenvalue weighted by Crippen LogP contribution is 2.20. The molecule has 1 heterocycles. The first-order chi connectivity index (χ1) is 9.40. The molecule has 2 rings (SSSR count). The Morgan fingerprint density at radius 2 is 2.20 bits per heavy atom. The molecule has 1 atom stereocenters. The van der Waals surface area contributed by atoms with Crippen LogP contribution in [0.25, 0.3) is 0 Å². The third kappa shape index (κ3) is 3.59. The third-order valence-electron chi connectivity index (χ3n) is 3.45. The topological polar surface area (TPSA) is 74.7 Å². The largest absolute Gasteiger partial charge is 0.480 e. The summed E-state index contributed by atoms with van der Waals surface area (Å²) in [6.45, 7) is 0.900. The Morgan fingerprint density at radius 1 is 1.45 bits per heavy atom. The predicted octanol–water partition coefficient (Wildman–Crippen LogP) is 1.77. The van der Waals surface area contributed by atoms with Gasteiger partial charge in [0.25, 0.3) is 0 Å². The molecule has 1 aliphatic heterocycles. The van der Waals surface area contributed by atoms with Crippen molar-refractivity contribution < 1.29 is 18.3 Å². The van der Waals surface area contributed by atoms with E-state index in [2.05, 4.69) is 15.9 Å². The van der Waals surface area contributed by atoms with Crippen molar-refractivity contribution in [2.24, 2.45) is 0 Å². The highest BCUT2D eigenvalue weighted by molar-refractivity contribution is 9.10. The van der Waals surface area contributed by atoms with E-state index in [-0.39, 0.29) is 17.2 Å². The SMILES string of the molecule is O=C(O)C1CCCN1CCS(=O)(=O)c1cccc(Br)c1. The summed E-state index contributed by atoms with van der Waals surface area (Å²) >= 11 is 3.25. The molecule has 1 N–H and O–H groups in total. The van der Waals surface area contributed by atoms with E-state index in [9.17, 15) is 13.2 Å². The molecule has 1 aromatic carbocycles. The summed E-state index contributed by atoms with van der Waals surface area (Å²) in [6.07, 6.45) is 1.39. The maximum atomic E-state index is 12.2. The van der Waals surface area contributed by atoms with Crippen LogP contribution in [0.4, 0.5) is 0 Å². The lowest BCUT2D eigenvalue weighted by molar-refractivity contribution is -0.142. The molecule has 5 nitrogen and oxygen atoms in total. The summed E-state index contributed by atoms with van der Waals surface area (Å²) in [5.41, 5.74) is 0. The van der Waals surface area contributed by atoms with E-state index in [1.807, 2.05) is 0 Å². The van der Waals surface area contributed by atoms with E-state index < -0.39 is 21.8 Å². The van der Waals surface area contributed by atoms with Crippen molar-refractivity contribution in [1.82, 2.24) is 4.90 Å². The molecular formula is C13H16BrNO4S. The molecule has 0 spiro atoms. The smallest absolute Gasteiger partial charge is 0.320 e. The number of rotatable bonds is 5. The second kappa shape index (κ2) is 6.24. The van der Waals surface area contributed by atoms with Gasteiger partial charge in [-0.3, -0.25) is 9.69 Å². The second-order valence-electron chi connectivity index (χ2n) is 4.81. The molecule has 1 aromatic rings. The number of sulfone groups is 1. The minimum Gasteiger partial charge on any atom is -0.480 e. The quantitative estimate of drug-likeness (QED) is 0.864. The Labute approximate surface area is 126 Å². The van der Waals surface area contributed by atoms with Gasteiger partial charge in [-0.05, 0) is 37.6 Å². The normalized spacial score (nSPS) is 20.1. The van der Waals surface area contributed by atoms with Crippen molar-refractivity contribution in [3.8, 4) is 0 Å². The maximum absolute atomic E-state index is 12.2. The van der Waals surface area contributed by atoms with Gasteiger partial charge < -0.3 is 5.11 Å². The van der Waals surface area contributed by atoms with Crippen molar-refractivity contribution in [1.29, 1.82) is 0 Å². The van der Waals surface area contributed by atoms with Crippen LogP contribution >= 0.6 is 15.9 Å². The number of carboxylic acids is 1. The van der Waals surface area contributed by atoms with Gasteiger partial charge >= 0.3 is 5.97 Å². The second-order valence-corrected chi connectivity index (χ2v) is 7.83. The van der Waals surface area contributed by atoms with Crippen LogP contribution in [0.3, 0.4) is 0 Å². The van der Waals surface area contributed by atoms with E-state index in [1.54, 1.807) is 29.2 Å². The highest BCUT2D eigenvalue weighted by Gasteiger charge is 2.31. The van der Waals surface area contributed by atoms with Gasteiger partial charge in [-0.25, -0.2) is 8.42 Å². The lowest BCUT2D eigenvalue weighted by Crippen LogP contribution is -2.38. The minimum absolute atomic E-state index is 0.0623. The van der Waals surface area contributed by atoms with Gasteiger partial charge in [0, 0.05) is 11.0 Å². The highest BCUT2D eigenvalue weighted by atomic mass is 79.9. The zero-order valence-electron chi connectivity index (χ0n) is 10.8. The Bertz CT molecular complexity index is 602. The van der Waals surface area contributed by atoms with Crippen molar-refractivity contribution in [2.45, 2.75) is 23.8 Å². The average molecular weight is 362 g/mol. The van der Waals surface area contributed by atoms with E-state index in [4.69, 9.17) is 5.11 Å². The van der Waals surface area contributed by atoms with Crippen LogP contribution in [0, 0.1) is 0 Å². The van der Waals surface area contributed by atoms with Gasteiger partial charge in [0.05, 0.1) is 10.6 Å². The molecular weight excluding hydrogens is 346 g/mol. The number of carbonyl (C=O) groups is 1. The summed E-state index contributed by atoms with van der Waals surface area (Å²) in [4.78, 5) is 13.0. The van der Waals surface area contributed by atoms with E-state index in [0.29, 0.717) is 17.4 Å². The number of benzene rings is 1. The Hall–Kier alpha value is -0.920. The van der Waals surface area contributed by atoms with Crippen LogP contribution in [0.2, 0.25) is 0 Å². The Balaban J connectivity index is 2.04. The van der Waals surface area contributed by atoms with E-state index in [0.717, 1.165) is 6.42 Å². The monoisotopic (exact) mass is 361 g/mol. The molecule has 1 fully saturated rings.